The van der Waals surface area contributed by atoms with Gasteiger partial charge in [-0.05, 0) is 28.7 Å². The first-order valence-corrected chi connectivity index (χ1v) is 8.07. The smallest absolute Gasteiger partial charge is 0.308 e. The zero-order chi connectivity index (χ0) is 15.5. The van der Waals surface area contributed by atoms with Crippen molar-refractivity contribution >= 4 is 5.97 Å². The number of carbonyl (C=O) groups is 1. The third-order valence-corrected chi connectivity index (χ3v) is 4.48. The first kappa shape index (κ1) is 14.8. The molecule has 22 heavy (non-hydrogen) atoms. The molecule has 0 fully saturated rings. The van der Waals surface area contributed by atoms with E-state index in [1.165, 1.54) is 22.3 Å². The van der Waals surface area contributed by atoms with Crippen LogP contribution in [0.4, 0.5) is 0 Å². The molecule has 1 aliphatic rings. The minimum Gasteiger partial charge on any atom is -0.464 e. The number of esters is 1. The molecule has 0 aliphatic heterocycles. The number of fused-ring (bicyclic) bond motifs is 3. The highest BCUT2D eigenvalue weighted by Crippen LogP contribution is 2.44. The summed E-state index contributed by atoms with van der Waals surface area (Å²) >= 11 is 0. The zero-order valence-electron chi connectivity index (χ0n) is 13.2. The summed E-state index contributed by atoms with van der Waals surface area (Å²) in [6, 6.07) is 16.8. The molecule has 0 saturated carbocycles. The van der Waals surface area contributed by atoms with Gasteiger partial charge in [0.25, 0.3) is 0 Å². The van der Waals surface area contributed by atoms with Gasteiger partial charge in [-0.2, -0.15) is 0 Å². The summed E-state index contributed by atoms with van der Waals surface area (Å²) in [6.07, 6.45) is 1.89. The standard InChI is InChI=1S/C20H22O2/c1-3-8-14(2)20(21)22-13-19-17-11-6-4-9-15(17)16-10-5-7-12-18(16)19/h4-7,9-12,14,19H,3,8,13H2,1-2H3. The fourth-order valence-corrected chi connectivity index (χ4v) is 3.30. The fourth-order valence-electron chi connectivity index (χ4n) is 3.30. The van der Waals surface area contributed by atoms with E-state index in [0.717, 1.165) is 12.8 Å². The Kier molecular flexibility index (Phi) is 4.28. The number of carbonyl (C=O) groups excluding carboxylic acids is 1. The average Bonchev–Trinajstić information content (AvgIpc) is 2.87. The Balaban J connectivity index is 1.81. The summed E-state index contributed by atoms with van der Waals surface area (Å²) in [5.41, 5.74) is 5.06. The molecule has 0 heterocycles. The minimum absolute atomic E-state index is 0.0168. The predicted octanol–water partition coefficient (Wildman–Crippen LogP) is 4.78. The first-order chi connectivity index (χ1) is 10.7. The van der Waals surface area contributed by atoms with E-state index in [4.69, 9.17) is 4.74 Å². The Morgan fingerprint density at radius 2 is 1.59 bits per heavy atom. The Hall–Kier alpha value is -2.09. The van der Waals surface area contributed by atoms with Crippen molar-refractivity contribution in [2.75, 3.05) is 6.61 Å². The zero-order valence-corrected chi connectivity index (χ0v) is 13.2. The molecular weight excluding hydrogens is 272 g/mol. The molecular formula is C20H22O2. The molecule has 0 bridgehead atoms. The number of ether oxygens (including phenoxy) is 1. The normalized spacial score (nSPS) is 14.3. The maximum absolute atomic E-state index is 12.1. The molecule has 3 rings (SSSR count). The van der Waals surface area contributed by atoms with E-state index in [-0.39, 0.29) is 17.8 Å². The van der Waals surface area contributed by atoms with Gasteiger partial charge < -0.3 is 4.74 Å². The maximum atomic E-state index is 12.1. The topological polar surface area (TPSA) is 26.3 Å². The quantitative estimate of drug-likeness (QED) is 0.742. The van der Waals surface area contributed by atoms with Gasteiger partial charge in [0, 0.05) is 5.92 Å². The van der Waals surface area contributed by atoms with E-state index in [2.05, 4.69) is 55.5 Å². The molecule has 0 aromatic heterocycles. The van der Waals surface area contributed by atoms with E-state index in [1.54, 1.807) is 0 Å². The summed E-state index contributed by atoms with van der Waals surface area (Å²) < 4.78 is 5.62. The van der Waals surface area contributed by atoms with Crippen LogP contribution in [-0.2, 0) is 9.53 Å². The van der Waals surface area contributed by atoms with Crippen molar-refractivity contribution in [2.45, 2.75) is 32.6 Å². The SMILES string of the molecule is CCCC(C)C(=O)OCC1c2ccccc2-c2ccccc21. The highest BCUT2D eigenvalue weighted by molar-refractivity contribution is 5.79. The van der Waals surface area contributed by atoms with E-state index < -0.39 is 0 Å². The molecule has 1 aliphatic carbocycles. The summed E-state index contributed by atoms with van der Waals surface area (Å²) in [5, 5.41) is 0. The Morgan fingerprint density at radius 1 is 1.05 bits per heavy atom. The van der Waals surface area contributed by atoms with Gasteiger partial charge in [-0.1, -0.05) is 68.8 Å². The van der Waals surface area contributed by atoms with Gasteiger partial charge in [-0.15, -0.1) is 0 Å². The lowest BCUT2D eigenvalue weighted by Gasteiger charge is -2.16. The van der Waals surface area contributed by atoms with Crippen molar-refractivity contribution in [3.8, 4) is 11.1 Å². The molecule has 1 atom stereocenters. The fraction of sp³-hybridized carbons (Fsp3) is 0.350. The molecule has 0 spiro atoms. The number of benzene rings is 2. The van der Waals surface area contributed by atoms with Crippen LogP contribution in [0.25, 0.3) is 11.1 Å². The third kappa shape index (κ3) is 2.66. The number of rotatable bonds is 5. The van der Waals surface area contributed by atoms with Crippen LogP contribution in [0.1, 0.15) is 43.7 Å². The lowest BCUT2D eigenvalue weighted by Crippen LogP contribution is -2.18. The molecule has 2 nitrogen and oxygen atoms in total. The summed E-state index contributed by atoms with van der Waals surface area (Å²) in [6.45, 7) is 4.47. The molecule has 0 saturated heterocycles. The van der Waals surface area contributed by atoms with E-state index in [1.807, 2.05) is 6.92 Å². The lowest BCUT2D eigenvalue weighted by molar-refractivity contribution is -0.148. The molecule has 2 aromatic rings. The molecule has 0 amide bonds. The van der Waals surface area contributed by atoms with Crippen LogP contribution < -0.4 is 0 Å². The molecule has 2 aromatic carbocycles. The lowest BCUT2D eigenvalue weighted by atomic mass is 9.98. The van der Waals surface area contributed by atoms with Crippen LogP contribution in [-0.4, -0.2) is 12.6 Å². The van der Waals surface area contributed by atoms with Crippen LogP contribution in [0.3, 0.4) is 0 Å². The third-order valence-electron chi connectivity index (χ3n) is 4.48. The Morgan fingerprint density at radius 3 is 2.14 bits per heavy atom. The second-order valence-corrected chi connectivity index (χ2v) is 6.05. The van der Waals surface area contributed by atoms with Crippen LogP contribution in [0.5, 0.6) is 0 Å². The van der Waals surface area contributed by atoms with Gasteiger partial charge in [0.15, 0.2) is 0 Å². The van der Waals surface area contributed by atoms with E-state index in [0.29, 0.717) is 6.61 Å². The first-order valence-electron chi connectivity index (χ1n) is 8.07. The van der Waals surface area contributed by atoms with Crippen LogP contribution in [0.15, 0.2) is 48.5 Å². The maximum Gasteiger partial charge on any atom is 0.308 e. The second-order valence-electron chi connectivity index (χ2n) is 6.05. The van der Waals surface area contributed by atoms with Gasteiger partial charge in [-0.25, -0.2) is 0 Å². The van der Waals surface area contributed by atoms with Gasteiger partial charge in [0.2, 0.25) is 0 Å². The predicted molar refractivity (Wildman–Crippen MR) is 88.8 cm³/mol. The Bertz CT molecular complexity index is 629. The van der Waals surface area contributed by atoms with Crippen molar-refractivity contribution in [3.63, 3.8) is 0 Å². The largest absolute Gasteiger partial charge is 0.464 e. The van der Waals surface area contributed by atoms with Gasteiger partial charge in [0.05, 0.1) is 5.92 Å². The molecule has 0 radical (unpaired) electrons. The molecule has 0 N–H and O–H groups in total. The van der Waals surface area contributed by atoms with Gasteiger partial charge >= 0.3 is 5.97 Å². The molecule has 114 valence electrons. The highest BCUT2D eigenvalue weighted by atomic mass is 16.5. The van der Waals surface area contributed by atoms with Crippen LogP contribution >= 0.6 is 0 Å². The summed E-state index contributed by atoms with van der Waals surface area (Å²) in [7, 11) is 0. The van der Waals surface area contributed by atoms with Crippen molar-refractivity contribution in [2.24, 2.45) is 5.92 Å². The van der Waals surface area contributed by atoms with E-state index in [9.17, 15) is 4.79 Å². The Labute approximate surface area is 132 Å². The van der Waals surface area contributed by atoms with Crippen molar-refractivity contribution in [1.82, 2.24) is 0 Å². The van der Waals surface area contributed by atoms with Crippen LogP contribution in [0.2, 0.25) is 0 Å². The van der Waals surface area contributed by atoms with Crippen molar-refractivity contribution in [3.05, 3.63) is 59.7 Å². The molecule has 2 heteroatoms. The molecule has 1 unspecified atom stereocenters. The van der Waals surface area contributed by atoms with Crippen molar-refractivity contribution < 1.29 is 9.53 Å². The average molecular weight is 294 g/mol. The van der Waals surface area contributed by atoms with Crippen molar-refractivity contribution in [1.29, 1.82) is 0 Å². The van der Waals surface area contributed by atoms with Crippen LogP contribution in [0, 0.1) is 5.92 Å². The highest BCUT2D eigenvalue weighted by Gasteiger charge is 2.29. The summed E-state index contributed by atoms with van der Waals surface area (Å²) in [4.78, 5) is 12.1. The van der Waals surface area contributed by atoms with Gasteiger partial charge in [0.1, 0.15) is 6.61 Å². The summed E-state index contributed by atoms with van der Waals surface area (Å²) in [5.74, 6) is 0.0609. The van der Waals surface area contributed by atoms with E-state index >= 15 is 0 Å². The number of hydrogen-bond acceptors (Lipinski definition) is 2. The number of hydrogen-bond donors (Lipinski definition) is 0. The van der Waals surface area contributed by atoms with Gasteiger partial charge in [-0.3, -0.25) is 4.79 Å². The second kappa shape index (κ2) is 6.35. The minimum atomic E-state index is -0.0799. The monoisotopic (exact) mass is 294 g/mol.